The number of halogens is 1. The molecular weight excluding hydrogens is 244 g/mol. The summed E-state index contributed by atoms with van der Waals surface area (Å²) in [6.45, 7) is 0.796. The molecule has 2 rings (SSSR count). The van der Waals surface area contributed by atoms with Crippen LogP contribution >= 0.6 is 11.6 Å². The predicted octanol–water partition coefficient (Wildman–Crippen LogP) is 4.24. The van der Waals surface area contributed by atoms with Gasteiger partial charge in [-0.3, -0.25) is 0 Å². The molecule has 0 bridgehead atoms. The molecule has 0 aromatic heterocycles. The van der Waals surface area contributed by atoms with Crippen LogP contribution < -0.4 is 4.74 Å². The Morgan fingerprint density at radius 2 is 2.00 bits per heavy atom. The molecule has 0 amide bonds. The quantitative estimate of drug-likeness (QED) is 0.583. The van der Waals surface area contributed by atoms with Gasteiger partial charge in [0.1, 0.15) is 5.75 Å². The Morgan fingerprint density at radius 3 is 2.78 bits per heavy atom. The molecule has 96 valence electrons. The topological polar surface area (TPSA) is 9.23 Å². The van der Waals surface area contributed by atoms with Crippen LogP contribution in [0.25, 0.3) is 0 Å². The highest BCUT2D eigenvalue weighted by molar-refractivity contribution is 6.19. The molecule has 0 atom stereocenters. The zero-order valence-corrected chi connectivity index (χ0v) is 11.4. The predicted molar refractivity (Wildman–Crippen MR) is 76.1 cm³/mol. The van der Waals surface area contributed by atoms with E-state index < -0.39 is 0 Å². The van der Waals surface area contributed by atoms with E-state index in [0.717, 1.165) is 30.3 Å². The average Bonchev–Trinajstić information content (AvgIpc) is 2.91. The molecule has 1 nitrogen and oxygen atoms in total. The summed E-state index contributed by atoms with van der Waals surface area (Å²) in [5.74, 6) is 8.01. The minimum atomic E-state index is 0.358. The van der Waals surface area contributed by atoms with Gasteiger partial charge in [0.25, 0.3) is 0 Å². The smallest absolute Gasteiger partial charge is 0.134 e. The van der Waals surface area contributed by atoms with Crippen LogP contribution in [-0.4, -0.2) is 12.5 Å². The van der Waals surface area contributed by atoms with Crippen LogP contribution in [0.15, 0.2) is 24.3 Å². The molecule has 0 radical (unpaired) electrons. The number of alkyl halides is 1. The Labute approximate surface area is 114 Å². The third-order valence-corrected chi connectivity index (χ3v) is 3.57. The molecule has 1 aliphatic carbocycles. The van der Waals surface area contributed by atoms with E-state index in [1.807, 2.05) is 24.3 Å². The van der Waals surface area contributed by atoms with Crippen LogP contribution in [-0.2, 0) is 0 Å². The molecule has 18 heavy (non-hydrogen) atoms. The summed E-state index contributed by atoms with van der Waals surface area (Å²) in [5, 5.41) is 0. The molecule has 0 unspecified atom stereocenters. The second-order valence-electron chi connectivity index (χ2n) is 4.72. The minimum Gasteiger partial charge on any atom is -0.492 e. The fourth-order valence-corrected chi connectivity index (χ4v) is 2.53. The molecule has 0 aliphatic heterocycles. The van der Waals surface area contributed by atoms with Crippen LogP contribution in [0.3, 0.4) is 0 Å². The van der Waals surface area contributed by atoms with Crippen molar-refractivity contribution in [3.05, 3.63) is 29.8 Å². The van der Waals surface area contributed by atoms with Gasteiger partial charge in [-0.2, -0.15) is 0 Å². The summed E-state index contributed by atoms with van der Waals surface area (Å²) in [5.41, 5.74) is 0.935. The molecule has 1 saturated carbocycles. The van der Waals surface area contributed by atoms with Gasteiger partial charge in [-0.15, -0.1) is 11.6 Å². The molecule has 1 aromatic rings. The molecule has 0 heterocycles. The van der Waals surface area contributed by atoms with Gasteiger partial charge in [0.2, 0.25) is 0 Å². The normalized spacial score (nSPS) is 15.2. The largest absolute Gasteiger partial charge is 0.492 e. The number of benzene rings is 1. The lowest BCUT2D eigenvalue weighted by Gasteiger charge is -2.11. The molecule has 0 N–H and O–H groups in total. The number of ether oxygens (including phenoxy) is 1. The second kappa shape index (κ2) is 7.34. The highest BCUT2D eigenvalue weighted by Crippen LogP contribution is 2.27. The lowest BCUT2D eigenvalue weighted by atomic mass is 10.1. The fourth-order valence-electron chi connectivity index (χ4n) is 2.46. The van der Waals surface area contributed by atoms with Crippen LogP contribution in [0.5, 0.6) is 5.75 Å². The Morgan fingerprint density at radius 1 is 1.22 bits per heavy atom. The van der Waals surface area contributed by atoms with E-state index in [-0.39, 0.29) is 0 Å². The second-order valence-corrected chi connectivity index (χ2v) is 4.99. The van der Waals surface area contributed by atoms with Crippen LogP contribution in [0.1, 0.15) is 37.7 Å². The maximum absolute atomic E-state index is 5.85. The highest BCUT2D eigenvalue weighted by atomic mass is 35.5. The van der Waals surface area contributed by atoms with E-state index in [2.05, 4.69) is 11.8 Å². The van der Waals surface area contributed by atoms with Crippen LogP contribution in [0.4, 0.5) is 0 Å². The summed E-state index contributed by atoms with van der Waals surface area (Å²) >= 11 is 5.58. The van der Waals surface area contributed by atoms with Gasteiger partial charge in [-0.05, 0) is 24.5 Å². The maximum atomic E-state index is 5.85. The lowest BCUT2D eigenvalue weighted by Crippen LogP contribution is -2.04. The Bertz CT molecular complexity index is 424. The van der Waals surface area contributed by atoms with E-state index >= 15 is 0 Å². The SMILES string of the molecule is ClCC#Cc1ccccc1OCCC1CCCC1. The number of hydrogen-bond donors (Lipinski definition) is 0. The van der Waals surface area contributed by atoms with Crippen molar-refractivity contribution in [2.45, 2.75) is 32.1 Å². The van der Waals surface area contributed by atoms with Crippen molar-refractivity contribution in [1.29, 1.82) is 0 Å². The number of rotatable bonds is 4. The van der Waals surface area contributed by atoms with Gasteiger partial charge in [0.05, 0.1) is 18.1 Å². The Hall–Kier alpha value is -1.13. The van der Waals surface area contributed by atoms with Crippen molar-refractivity contribution >= 4 is 11.6 Å². The minimum absolute atomic E-state index is 0.358. The van der Waals surface area contributed by atoms with E-state index in [9.17, 15) is 0 Å². The van der Waals surface area contributed by atoms with Crippen molar-refractivity contribution in [2.24, 2.45) is 5.92 Å². The molecule has 0 spiro atoms. The first-order chi connectivity index (χ1) is 8.90. The summed E-state index contributed by atoms with van der Waals surface area (Å²) in [4.78, 5) is 0. The third-order valence-electron chi connectivity index (χ3n) is 3.44. The van der Waals surface area contributed by atoms with Gasteiger partial charge in [-0.25, -0.2) is 0 Å². The van der Waals surface area contributed by atoms with Crippen molar-refractivity contribution in [1.82, 2.24) is 0 Å². The van der Waals surface area contributed by atoms with Crippen molar-refractivity contribution in [2.75, 3.05) is 12.5 Å². The maximum Gasteiger partial charge on any atom is 0.134 e. The number of para-hydroxylation sites is 1. The first-order valence-electron chi connectivity index (χ1n) is 6.67. The summed E-state index contributed by atoms with van der Waals surface area (Å²) in [6, 6.07) is 7.91. The van der Waals surface area contributed by atoms with Gasteiger partial charge in [0.15, 0.2) is 0 Å². The van der Waals surface area contributed by atoms with Crippen molar-refractivity contribution in [3.63, 3.8) is 0 Å². The summed E-state index contributed by atoms with van der Waals surface area (Å²) < 4.78 is 5.85. The van der Waals surface area contributed by atoms with Crippen molar-refractivity contribution < 1.29 is 4.74 Å². The molecule has 1 aliphatic rings. The molecule has 2 heteroatoms. The van der Waals surface area contributed by atoms with E-state index in [0.29, 0.717) is 5.88 Å². The van der Waals surface area contributed by atoms with Gasteiger partial charge < -0.3 is 4.74 Å². The first kappa shape index (κ1) is 13.3. The van der Waals surface area contributed by atoms with Crippen LogP contribution in [0.2, 0.25) is 0 Å². The molecule has 0 saturated heterocycles. The summed E-state index contributed by atoms with van der Waals surface area (Å²) in [6.07, 6.45) is 6.69. The van der Waals surface area contributed by atoms with E-state index in [1.54, 1.807) is 0 Å². The van der Waals surface area contributed by atoms with E-state index in [1.165, 1.54) is 25.7 Å². The average molecular weight is 263 g/mol. The van der Waals surface area contributed by atoms with Crippen LogP contribution in [0, 0.1) is 17.8 Å². The highest BCUT2D eigenvalue weighted by Gasteiger charge is 2.14. The fraction of sp³-hybridized carbons (Fsp3) is 0.500. The lowest BCUT2D eigenvalue weighted by molar-refractivity contribution is 0.278. The standard InChI is InChI=1S/C16H19ClO/c17-12-5-9-15-8-3-4-10-16(15)18-13-11-14-6-1-2-7-14/h3-4,8,10,14H,1-2,6-7,11-13H2. The number of hydrogen-bond acceptors (Lipinski definition) is 1. The van der Waals surface area contributed by atoms with E-state index in [4.69, 9.17) is 16.3 Å². The van der Waals surface area contributed by atoms with Gasteiger partial charge >= 0.3 is 0 Å². The molecular formula is C16H19ClO. The van der Waals surface area contributed by atoms with Crippen molar-refractivity contribution in [3.8, 4) is 17.6 Å². The summed E-state index contributed by atoms with van der Waals surface area (Å²) in [7, 11) is 0. The zero-order chi connectivity index (χ0) is 12.6. The first-order valence-corrected chi connectivity index (χ1v) is 7.20. The van der Waals surface area contributed by atoms with Gasteiger partial charge in [-0.1, -0.05) is 49.7 Å². The zero-order valence-electron chi connectivity index (χ0n) is 10.6. The Balaban J connectivity index is 1.87. The third kappa shape index (κ3) is 3.96. The van der Waals surface area contributed by atoms with Gasteiger partial charge in [0, 0.05) is 0 Å². The Kier molecular flexibility index (Phi) is 5.42. The molecule has 1 fully saturated rings. The monoisotopic (exact) mass is 262 g/mol. The molecule has 1 aromatic carbocycles.